The zero-order chi connectivity index (χ0) is 12.4. The number of nitrogens with two attached hydrogens (primary N) is 1. The van der Waals surface area contributed by atoms with E-state index < -0.39 is 5.54 Å². The molecule has 94 valence electrons. The van der Waals surface area contributed by atoms with Crippen molar-refractivity contribution in [1.82, 2.24) is 15.1 Å². The Hall–Kier alpha value is -1.75. The second kappa shape index (κ2) is 4.49. The third kappa shape index (κ3) is 2.13. The molecule has 0 spiro atoms. The molecule has 18 heavy (non-hydrogen) atoms. The van der Waals surface area contributed by atoms with Crippen LogP contribution in [0.5, 0.6) is 0 Å². The van der Waals surface area contributed by atoms with Crippen LogP contribution in [0.25, 0.3) is 0 Å². The highest BCUT2D eigenvalue weighted by atomic mass is 16.5. The molecule has 0 saturated heterocycles. The average molecular weight is 244 g/mol. The van der Waals surface area contributed by atoms with E-state index in [0.717, 1.165) is 31.2 Å². The maximum atomic E-state index is 6.28. The Morgan fingerprint density at radius 2 is 1.94 bits per heavy atom. The molecule has 1 saturated carbocycles. The van der Waals surface area contributed by atoms with Gasteiger partial charge in [0.2, 0.25) is 5.89 Å². The van der Waals surface area contributed by atoms with Gasteiger partial charge in [0.25, 0.3) is 0 Å². The number of nitrogens with zero attached hydrogens (tertiary/aromatic N) is 3. The van der Waals surface area contributed by atoms with E-state index in [1.807, 2.05) is 12.1 Å². The lowest BCUT2D eigenvalue weighted by Gasteiger charge is -2.17. The fourth-order valence-electron chi connectivity index (χ4n) is 2.43. The molecular weight excluding hydrogens is 228 g/mol. The van der Waals surface area contributed by atoms with Crippen LogP contribution in [0.15, 0.2) is 29.0 Å². The lowest BCUT2D eigenvalue weighted by molar-refractivity contribution is 0.284. The monoisotopic (exact) mass is 244 g/mol. The Kier molecular flexibility index (Phi) is 2.83. The number of hydrogen-bond donors (Lipinski definition) is 1. The maximum Gasteiger partial charge on any atom is 0.246 e. The van der Waals surface area contributed by atoms with Gasteiger partial charge in [-0.15, -0.1) is 0 Å². The molecule has 0 aromatic carbocycles. The van der Waals surface area contributed by atoms with Crippen molar-refractivity contribution in [2.75, 3.05) is 0 Å². The number of aromatic nitrogens is 3. The lowest BCUT2D eigenvalue weighted by Crippen LogP contribution is -2.33. The van der Waals surface area contributed by atoms with Gasteiger partial charge in [-0.1, -0.05) is 18.0 Å². The minimum Gasteiger partial charge on any atom is -0.337 e. The predicted molar refractivity (Wildman–Crippen MR) is 65.7 cm³/mol. The quantitative estimate of drug-likeness (QED) is 0.890. The Morgan fingerprint density at radius 3 is 2.67 bits per heavy atom. The van der Waals surface area contributed by atoms with E-state index in [2.05, 4.69) is 15.1 Å². The van der Waals surface area contributed by atoms with Crippen molar-refractivity contribution in [2.24, 2.45) is 5.73 Å². The van der Waals surface area contributed by atoms with Crippen molar-refractivity contribution in [2.45, 2.75) is 37.6 Å². The largest absolute Gasteiger partial charge is 0.337 e. The van der Waals surface area contributed by atoms with Crippen molar-refractivity contribution >= 4 is 0 Å². The second-order valence-electron chi connectivity index (χ2n) is 4.91. The zero-order valence-corrected chi connectivity index (χ0v) is 10.2. The molecule has 1 fully saturated rings. The van der Waals surface area contributed by atoms with Crippen LogP contribution in [0.3, 0.4) is 0 Å². The van der Waals surface area contributed by atoms with Crippen LogP contribution in [0, 0.1) is 0 Å². The van der Waals surface area contributed by atoms with Gasteiger partial charge in [-0.05, 0) is 30.5 Å². The summed E-state index contributed by atoms with van der Waals surface area (Å²) < 4.78 is 5.32. The topological polar surface area (TPSA) is 77.8 Å². The highest BCUT2D eigenvalue weighted by Crippen LogP contribution is 2.35. The van der Waals surface area contributed by atoms with Gasteiger partial charge in [0.05, 0.1) is 5.54 Å². The summed E-state index contributed by atoms with van der Waals surface area (Å²) in [5.41, 5.74) is 7.00. The second-order valence-corrected chi connectivity index (χ2v) is 4.91. The molecule has 1 aliphatic carbocycles. The van der Waals surface area contributed by atoms with E-state index in [1.54, 1.807) is 12.4 Å². The molecule has 0 bridgehead atoms. The van der Waals surface area contributed by atoms with Crippen LogP contribution >= 0.6 is 0 Å². The summed E-state index contributed by atoms with van der Waals surface area (Å²) in [7, 11) is 0. The van der Waals surface area contributed by atoms with Crippen LogP contribution in [0.2, 0.25) is 0 Å². The fourth-order valence-corrected chi connectivity index (χ4v) is 2.43. The molecular formula is C13H16N4O. The molecule has 0 amide bonds. The Balaban J connectivity index is 1.78. The van der Waals surface area contributed by atoms with E-state index >= 15 is 0 Å². The number of rotatable bonds is 3. The molecule has 5 heteroatoms. The van der Waals surface area contributed by atoms with Crippen LogP contribution < -0.4 is 5.73 Å². The molecule has 0 unspecified atom stereocenters. The van der Waals surface area contributed by atoms with Crippen molar-refractivity contribution in [1.29, 1.82) is 0 Å². The van der Waals surface area contributed by atoms with Gasteiger partial charge in [-0.25, -0.2) is 0 Å². The van der Waals surface area contributed by atoms with Crippen molar-refractivity contribution < 1.29 is 4.52 Å². The Bertz CT molecular complexity index is 517. The first-order chi connectivity index (χ1) is 8.76. The van der Waals surface area contributed by atoms with Crippen LogP contribution in [0.1, 0.15) is 43.0 Å². The molecule has 0 atom stereocenters. The SMILES string of the molecule is NC1(c2nc(Cc3ccncc3)no2)CCCC1. The molecule has 3 rings (SSSR count). The standard InChI is InChI=1S/C13H16N4O/c14-13(5-1-2-6-13)12-16-11(17-18-12)9-10-3-7-15-8-4-10/h3-4,7-8H,1-2,5-6,9,14H2. The first-order valence-electron chi connectivity index (χ1n) is 6.27. The summed E-state index contributed by atoms with van der Waals surface area (Å²) in [6.45, 7) is 0. The summed E-state index contributed by atoms with van der Waals surface area (Å²) in [6.07, 6.45) is 8.32. The van der Waals surface area contributed by atoms with Crippen molar-refractivity contribution in [3.63, 3.8) is 0 Å². The summed E-state index contributed by atoms with van der Waals surface area (Å²) >= 11 is 0. The third-order valence-corrected chi connectivity index (χ3v) is 3.50. The maximum absolute atomic E-state index is 6.28. The van der Waals surface area contributed by atoms with Gasteiger partial charge in [0, 0.05) is 18.8 Å². The van der Waals surface area contributed by atoms with Crippen LogP contribution in [-0.4, -0.2) is 15.1 Å². The van der Waals surface area contributed by atoms with E-state index in [1.165, 1.54) is 0 Å². The first-order valence-corrected chi connectivity index (χ1v) is 6.27. The van der Waals surface area contributed by atoms with E-state index in [0.29, 0.717) is 18.1 Å². The van der Waals surface area contributed by atoms with E-state index in [4.69, 9.17) is 10.3 Å². The molecule has 0 radical (unpaired) electrons. The minimum absolute atomic E-state index is 0.399. The molecule has 2 aromatic heterocycles. The Labute approximate surface area is 105 Å². The third-order valence-electron chi connectivity index (χ3n) is 3.50. The normalized spacial score (nSPS) is 18.1. The molecule has 5 nitrogen and oxygen atoms in total. The molecule has 0 aliphatic heterocycles. The van der Waals surface area contributed by atoms with Gasteiger partial charge in [0.15, 0.2) is 5.82 Å². The molecule has 2 heterocycles. The van der Waals surface area contributed by atoms with Crippen LogP contribution in [0.4, 0.5) is 0 Å². The summed E-state index contributed by atoms with van der Waals surface area (Å²) in [5.74, 6) is 1.27. The summed E-state index contributed by atoms with van der Waals surface area (Å²) in [4.78, 5) is 8.42. The zero-order valence-electron chi connectivity index (χ0n) is 10.2. The van der Waals surface area contributed by atoms with Gasteiger partial charge in [0.1, 0.15) is 0 Å². The first kappa shape index (κ1) is 11.3. The molecule has 1 aliphatic rings. The van der Waals surface area contributed by atoms with Crippen molar-refractivity contribution in [3.8, 4) is 0 Å². The number of pyridine rings is 1. The van der Waals surface area contributed by atoms with E-state index in [-0.39, 0.29) is 0 Å². The summed E-state index contributed by atoms with van der Waals surface area (Å²) in [6, 6.07) is 3.90. The van der Waals surface area contributed by atoms with Crippen molar-refractivity contribution in [3.05, 3.63) is 41.8 Å². The predicted octanol–water partition coefficient (Wildman–Crippen LogP) is 1.78. The fraction of sp³-hybridized carbons (Fsp3) is 0.462. The Morgan fingerprint density at radius 1 is 1.22 bits per heavy atom. The van der Waals surface area contributed by atoms with Gasteiger partial charge < -0.3 is 10.3 Å². The minimum atomic E-state index is -0.399. The highest BCUT2D eigenvalue weighted by Gasteiger charge is 2.36. The van der Waals surface area contributed by atoms with Gasteiger partial charge in [-0.2, -0.15) is 4.98 Å². The smallest absolute Gasteiger partial charge is 0.246 e. The molecule has 2 aromatic rings. The van der Waals surface area contributed by atoms with Gasteiger partial charge in [-0.3, -0.25) is 4.98 Å². The lowest BCUT2D eigenvalue weighted by atomic mass is 9.99. The van der Waals surface area contributed by atoms with E-state index in [9.17, 15) is 0 Å². The average Bonchev–Trinajstić information content (AvgIpc) is 3.01. The summed E-state index contributed by atoms with van der Waals surface area (Å²) in [5, 5.41) is 4.01. The van der Waals surface area contributed by atoms with Crippen LogP contribution in [-0.2, 0) is 12.0 Å². The van der Waals surface area contributed by atoms with Gasteiger partial charge >= 0.3 is 0 Å². The number of hydrogen-bond acceptors (Lipinski definition) is 5. The highest BCUT2D eigenvalue weighted by molar-refractivity contribution is 5.15. The molecule has 2 N–H and O–H groups in total.